The molecule has 0 saturated carbocycles. The maximum absolute atomic E-state index is 2.38. The molecule has 0 fully saturated rings. The van der Waals surface area contributed by atoms with Gasteiger partial charge in [0.1, 0.15) is 0 Å². The Morgan fingerprint density at radius 3 is 2.58 bits per heavy atom. The van der Waals surface area contributed by atoms with Gasteiger partial charge in [0.05, 0.1) is 0 Å². The Morgan fingerprint density at radius 1 is 1.04 bits per heavy atom. The Kier molecular flexibility index (Phi) is 7.31. The first-order valence-electron chi connectivity index (χ1n) is 9.43. The van der Waals surface area contributed by atoms with Crippen molar-refractivity contribution in [2.75, 3.05) is 0 Å². The monoisotopic (exact) mass is 320 g/mol. The molecular weight excluding hydrogens is 288 g/mol. The molecule has 0 amide bonds. The molecule has 0 aliphatic heterocycles. The lowest BCUT2D eigenvalue weighted by Crippen LogP contribution is -1.96. The predicted molar refractivity (Wildman–Crippen MR) is 108 cm³/mol. The highest BCUT2D eigenvalue weighted by atomic mass is 14.1. The zero-order valence-corrected chi connectivity index (χ0v) is 15.8. The molecule has 0 nitrogen and oxygen atoms in total. The molecule has 0 aromatic heterocycles. The van der Waals surface area contributed by atoms with E-state index in [-0.39, 0.29) is 0 Å². The van der Waals surface area contributed by atoms with Crippen LogP contribution in [0.15, 0.2) is 48.5 Å². The molecular formula is C24H32. The van der Waals surface area contributed by atoms with Gasteiger partial charge in [0.25, 0.3) is 0 Å². The van der Waals surface area contributed by atoms with Gasteiger partial charge in [-0.15, -0.1) is 0 Å². The topological polar surface area (TPSA) is 0 Å². The molecule has 0 saturated heterocycles. The van der Waals surface area contributed by atoms with Gasteiger partial charge < -0.3 is 0 Å². The third-order valence-corrected chi connectivity index (χ3v) is 4.89. The van der Waals surface area contributed by atoms with E-state index in [0.717, 1.165) is 5.92 Å². The van der Waals surface area contributed by atoms with Crippen LogP contribution in [0.4, 0.5) is 0 Å². The number of aryl methyl sites for hydroxylation is 2. The standard InChI is InChI=1S/C24H32/c1-5-10-19(2)11-8-13-22-14-9-16-24(18-22)21(4)17-23-15-7-6-12-20(23)3/h6-7,9,12,14-19H,5,8,10-11,13H2,1-4H3/b21-17+. The summed E-state index contributed by atoms with van der Waals surface area (Å²) in [4.78, 5) is 0. The van der Waals surface area contributed by atoms with Crippen molar-refractivity contribution in [1.82, 2.24) is 0 Å². The molecule has 1 unspecified atom stereocenters. The van der Waals surface area contributed by atoms with Crippen LogP contribution in [-0.4, -0.2) is 0 Å². The van der Waals surface area contributed by atoms with Crippen LogP contribution in [0.1, 0.15) is 68.7 Å². The molecule has 0 aliphatic rings. The van der Waals surface area contributed by atoms with E-state index in [4.69, 9.17) is 0 Å². The van der Waals surface area contributed by atoms with Crippen LogP contribution in [0.25, 0.3) is 11.6 Å². The third-order valence-electron chi connectivity index (χ3n) is 4.89. The van der Waals surface area contributed by atoms with Gasteiger partial charge in [0.2, 0.25) is 0 Å². The van der Waals surface area contributed by atoms with E-state index in [1.54, 1.807) is 0 Å². The maximum Gasteiger partial charge on any atom is -0.0224 e. The van der Waals surface area contributed by atoms with Crippen LogP contribution in [0, 0.1) is 12.8 Å². The average molecular weight is 321 g/mol. The van der Waals surface area contributed by atoms with Gasteiger partial charge in [-0.25, -0.2) is 0 Å². The largest absolute Gasteiger partial charge is 0.0654 e. The summed E-state index contributed by atoms with van der Waals surface area (Å²) in [5, 5.41) is 0. The molecule has 24 heavy (non-hydrogen) atoms. The second kappa shape index (κ2) is 9.47. The van der Waals surface area contributed by atoms with Crippen molar-refractivity contribution in [3.05, 3.63) is 70.8 Å². The Hall–Kier alpha value is -1.82. The lowest BCUT2D eigenvalue weighted by Gasteiger charge is -2.10. The van der Waals surface area contributed by atoms with Gasteiger partial charge in [0.15, 0.2) is 0 Å². The Labute approximate surface area is 148 Å². The fourth-order valence-electron chi connectivity index (χ4n) is 3.33. The van der Waals surface area contributed by atoms with Crippen molar-refractivity contribution in [2.45, 2.75) is 59.8 Å². The second-order valence-electron chi connectivity index (χ2n) is 7.17. The summed E-state index contributed by atoms with van der Waals surface area (Å²) in [7, 11) is 0. The molecule has 2 rings (SSSR count). The first kappa shape index (κ1) is 18.5. The van der Waals surface area contributed by atoms with Crippen molar-refractivity contribution >= 4 is 11.6 Å². The highest BCUT2D eigenvalue weighted by Crippen LogP contribution is 2.22. The minimum Gasteiger partial charge on any atom is -0.0654 e. The molecule has 2 aromatic rings. The van der Waals surface area contributed by atoms with Crippen molar-refractivity contribution in [2.24, 2.45) is 5.92 Å². The fraction of sp³-hybridized carbons (Fsp3) is 0.417. The van der Waals surface area contributed by atoms with Gasteiger partial charge in [0, 0.05) is 0 Å². The normalized spacial score (nSPS) is 13.1. The van der Waals surface area contributed by atoms with Crippen LogP contribution < -0.4 is 0 Å². The molecule has 0 N–H and O–H groups in total. The van der Waals surface area contributed by atoms with E-state index < -0.39 is 0 Å². The van der Waals surface area contributed by atoms with E-state index >= 15 is 0 Å². The van der Waals surface area contributed by atoms with Crippen LogP contribution in [0.2, 0.25) is 0 Å². The van der Waals surface area contributed by atoms with E-state index in [1.165, 1.54) is 59.9 Å². The summed E-state index contributed by atoms with van der Waals surface area (Å²) in [6, 6.07) is 17.7. The zero-order valence-electron chi connectivity index (χ0n) is 15.8. The minimum atomic E-state index is 0.862. The van der Waals surface area contributed by atoms with Crippen molar-refractivity contribution in [3.8, 4) is 0 Å². The van der Waals surface area contributed by atoms with E-state index in [9.17, 15) is 0 Å². The maximum atomic E-state index is 2.38. The molecule has 0 heteroatoms. The van der Waals surface area contributed by atoms with Gasteiger partial charge in [-0.2, -0.15) is 0 Å². The van der Waals surface area contributed by atoms with Crippen LogP contribution in [0.5, 0.6) is 0 Å². The summed E-state index contributed by atoms with van der Waals surface area (Å²) < 4.78 is 0. The average Bonchev–Trinajstić information content (AvgIpc) is 2.57. The molecule has 0 aliphatic carbocycles. The molecule has 128 valence electrons. The summed E-state index contributed by atoms with van der Waals surface area (Å²) in [6.07, 6.45) is 8.80. The quantitative estimate of drug-likeness (QED) is 0.447. The van der Waals surface area contributed by atoms with Crippen molar-refractivity contribution in [1.29, 1.82) is 0 Å². The van der Waals surface area contributed by atoms with Crippen LogP contribution >= 0.6 is 0 Å². The van der Waals surface area contributed by atoms with Gasteiger partial charge in [-0.3, -0.25) is 0 Å². The molecule has 0 bridgehead atoms. The summed E-state index contributed by atoms with van der Waals surface area (Å²) >= 11 is 0. The van der Waals surface area contributed by atoms with Gasteiger partial charge in [-0.1, -0.05) is 87.7 Å². The summed E-state index contributed by atoms with van der Waals surface area (Å²) in [6.45, 7) is 9.06. The van der Waals surface area contributed by atoms with Gasteiger partial charge >= 0.3 is 0 Å². The highest BCUT2D eigenvalue weighted by Gasteiger charge is 2.03. The Balaban J connectivity index is 2.03. The van der Waals surface area contributed by atoms with Crippen LogP contribution in [0.3, 0.4) is 0 Å². The molecule has 0 spiro atoms. The molecule has 0 radical (unpaired) electrons. The lowest BCUT2D eigenvalue weighted by molar-refractivity contribution is 0.469. The second-order valence-corrected chi connectivity index (χ2v) is 7.17. The number of hydrogen-bond acceptors (Lipinski definition) is 0. The molecule has 1 atom stereocenters. The summed E-state index contributed by atoms with van der Waals surface area (Å²) in [5.41, 5.74) is 6.79. The number of allylic oxidation sites excluding steroid dienone is 1. The SMILES string of the molecule is CCCC(C)CCCc1cccc(/C(C)=C/c2ccccc2C)c1. The number of rotatable bonds is 8. The zero-order chi connectivity index (χ0) is 17.4. The van der Waals surface area contributed by atoms with Crippen molar-refractivity contribution in [3.63, 3.8) is 0 Å². The van der Waals surface area contributed by atoms with Crippen LogP contribution in [-0.2, 0) is 6.42 Å². The van der Waals surface area contributed by atoms with E-state index in [0.29, 0.717) is 0 Å². The minimum absolute atomic E-state index is 0.862. The first-order chi connectivity index (χ1) is 11.6. The molecule has 2 aromatic carbocycles. The number of hydrogen-bond donors (Lipinski definition) is 0. The molecule has 0 heterocycles. The third kappa shape index (κ3) is 5.67. The lowest BCUT2D eigenvalue weighted by atomic mass is 9.95. The predicted octanol–water partition coefficient (Wildman–Crippen LogP) is 7.31. The number of benzene rings is 2. The smallest absolute Gasteiger partial charge is 0.0224 e. The van der Waals surface area contributed by atoms with E-state index in [2.05, 4.69) is 82.3 Å². The fourth-order valence-corrected chi connectivity index (χ4v) is 3.33. The van der Waals surface area contributed by atoms with E-state index in [1.807, 2.05) is 0 Å². The van der Waals surface area contributed by atoms with Crippen molar-refractivity contribution < 1.29 is 0 Å². The highest BCUT2D eigenvalue weighted by molar-refractivity contribution is 5.81. The Bertz CT molecular complexity index is 663. The first-order valence-corrected chi connectivity index (χ1v) is 9.43. The summed E-state index contributed by atoms with van der Waals surface area (Å²) in [5.74, 6) is 0.862. The Morgan fingerprint density at radius 2 is 1.83 bits per heavy atom. The van der Waals surface area contributed by atoms with Gasteiger partial charge in [-0.05, 0) is 60.4 Å².